The van der Waals surface area contributed by atoms with Gasteiger partial charge in [-0.15, -0.1) is 0 Å². The molecule has 1 N–H and O–H groups in total. The van der Waals surface area contributed by atoms with Crippen molar-refractivity contribution in [3.63, 3.8) is 0 Å². The van der Waals surface area contributed by atoms with Crippen LogP contribution in [-0.4, -0.2) is 21.6 Å². The van der Waals surface area contributed by atoms with Gasteiger partial charge in [0.1, 0.15) is 6.54 Å². The van der Waals surface area contributed by atoms with Crippen molar-refractivity contribution in [3.8, 4) is 0 Å². The van der Waals surface area contributed by atoms with Crippen LogP contribution in [0.4, 0.5) is 0 Å². The van der Waals surface area contributed by atoms with E-state index >= 15 is 0 Å². The van der Waals surface area contributed by atoms with E-state index in [1.165, 1.54) is 33.5 Å². The Morgan fingerprint density at radius 1 is 1.00 bits per heavy atom. The molecule has 1 amide bonds. The number of nitrogens with zero attached hydrogens (tertiary/aromatic N) is 2. The van der Waals surface area contributed by atoms with Crippen LogP contribution < -0.4 is 16.6 Å². The predicted molar refractivity (Wildman–Crippen MR) is 118 cm³/mol. The second-order valence-electron chi connectivity index (χ2n) is 7.52. The van der Waals surface area contributed by atoms with Crippen LogP contribution in [0.15, 0.2) is 70.4 Å². The molecule has 0 saturated heterocycles. The fraction of sp³-hybridized carbons (Fsp3) is 0.292. The lowest BCUT2D eigenvalue weighted by Gasteiger charge is -2.11. The quantitative estimate of drug-likeness (QED) is 0.585. The van der Waals surface area contributed by atoms with Gasteiger partial charge in [-0.05, 0) is 43.4 Å². The van der Waals surface area contributed by atoms with Crippen LogP contribution >= 0.6 is 0 Å². The topological polar surface area (TPSA) is 73.1 Å². The lowest BCUT2D eigenvalue weighted by atomic mass is 10.0. The number of benzene rings is 2. The third kappa shape index (κ3) is 5.56. The highest BCUT2D eigenvalue weighted by atomic mass is 16.2. The molecule has 0 aliphatic carbocycles. The van der Waals surface area contributed by atoms with Crippen molar-refractivity contribution in [1.82, 2.24) is 14.5 Å². The highest BCUT2D eigenvalue weighted by Crippen LogP contribution is 2.12. The average Bonchev–Trinajstić information content (AvgIpc) is 2.73. The van der Waals surface area contributed by atoms with Gasteiger partial charge in [-0.3, -0.25) is 18.7 Å². The Balaban J connectivity index is 1.57. The van der Waals surface area contributed by atoms with Crippen LogP contribution in [0.5, 0.6) is 0 Å². The van der Waals surface area contributed by atoms with E-state index in [9.17, 15) is 14.4 Å². The summed E-state index contributed by atoms with van der Waals surface area (Å²) in [5.41, 5.74) is 3.72. The Morgan fingerprint density at radius 3 is 2.50 bits per heavy atom. The predicted octanol–water partition coefficient (Wildman–Crippen LogP) is 2.42. The molecule has 0 unspecified atom stereocenters. The minimum atomic E-state index is -0.489. The van der Waals surface area contributed by atoms with Crippen molar-refractivity contribution in [2.45, 2.75) is 39.8 Å². The van der Waals surface area contributed by atoms with Crippen molar-refractivity contribution >= 4 is 5.91 Å². The molecule has 2 aromatic carbocycles. The van der Waals surface area contributed by atoms with Crippen molar-refractivity contribution in [3.05, 3.63) is 104 Å². The van der Waals surface area contributed by atoms with E-state index in [2.05, 4.69) is 37.4 Å². The number of nitrogens with one attached hydrogen (secondary N) is 1. The molecule has 0 bridgehead atoms. The lowest BCUT2D eigenvalue weighted by Crippen LogP contribution is -2.43. The first-order valence-electron chi connectivity index (χ1n) is 10.1. The monoisotopic (exact) mass is 405 g/mol. The number of carbonyl (C=O) groups excluding carboxylic acids is 1. The fourth-order valence-corrected chi connectivity index (χ4v) is 3.44. The van der Waals surface area contributed by atoms with Gasteiger partial charge >= 0.3 is 5.69 Å². The summed E-state index contributed by atoms with van der Waals surface area (Å²) in [5.74, 6) is -0.340. The number of hydrogen-bond acceptors (Lipinski definition) is 3. The van der Waals surface area contributed by atoms with Crippen LogP contribution in [0.3, 0.4) is 0 Å². The molecule has 0 radical (unpaired) electrons. The number of aromatic nitrogens is 2. The summed E-state index contributed by atoms with van der Waals surface area (Å²) < 4.78 is 2.41. The number of hydrogen-bond donors (Lipinski definition) is 1. The SMILES string of the molecule is Cc1ccc(CCCNC(=O)Cn2c(=O)ccn(Cc3ccccc3)c2=O)c(C)c1. The standard InChI is InChI=1S/C24H27N3O3/c1-18-10-11-21(19(2)15-18)9-6-13-25-22(28)17-27-23(29)12-14-26(24(27)30)16-20-7-4-3-5-8-20/h3-5,7-8,10-12,14-15H,6,9,13,16-17H2,1-2H3,(H,25,28). The Kier molecular flexibility index (Phi) is 7.01. The van der Waals surface area contributed by atoms with Crippen LogP contribution in [0.1, 0.15) is 28.7 Å². The van der Waals surface area contributed by atoms with Crippen LogP contribution in [0.2, 0.25) is 0 Å². The highest BCUT2D eigenvalue weighted by molar-refractivity contribution is 5.75. The maximum atomic E-state index is 12.7. The molecule has 3 aromatic rings. The van der Waals surface area contributed by atoms with E-state index in [0.717, 1.165) is 23.0 Å². The molecule has 0 saturated carbocycles. The maximum absolute atomic E-state index is 12.7. The van der Waals surface area contributed by atoms with Gasteiger partial charge in [0, 0.05) is 18.8 Å². The Morgan fingerprint density at radius 2 is 1.77 bits per heavy atom. The molecule has 156 valence electrons. The van der Waals surface area contributed by atoms with Gasteiger partial charge in [-0.2, -0.15) is 0 Å². The van der Waals surface area contributed by atoms with Gasteiger partial charge in [-0.25, -0.2) is 4.79 Å². The highest BCUT2D eigenvalue weighted by Gasteiger charge is 2.10. The number of carbonyl (C=O) groups is 1. The van der Waals surface area contributed by atoms with Gasteiger partial charge < -0.3 is 5.32 Å². The maximum Gasteiger partial charge on any atom is 0.331 e. The molecule has 0 spiro atoms. The minimum Gasteiger partial charge on any atom is -0.355 e. The van der Waals surface area contributed by atoms with Crippen LogP contribution in [0.25, 0.3) is 0 Å². The lowest BCUT2D eigenvalue weighted by molar-refractivity contribution is -0.121. The van der Waals surface area contributed by atoms with E-state index in [4.69, 9.17) is 0 Å². The molecule has 1 aromatic heterocycles. The van der Waals surface area contributed by atoms with Crippen LogP contribution in [-0.2, 0) is 24.3 Å². The van der Waals surface area contributed by atoms with E-state index in [0.29, 0.717) is 13.1 Å². The second kappa shape index (κ2) is 9.87. The summed E-state index contributed by atoms with van der Waals surface area (Å²) in [5, 5.41) is 2.81. The summed E-state index contributed by atoms with van der Waals surface area (Å²) in [6.07, 6.45) is 3.12. The third-order valence-electron chi connectivity index (χ3n) is 5.08. The smallest absolute Gasteiger partial charge is 0.331 e. The number of rotatable bonds is 8. The summed E-state index contributed by atoms with van der Waals surface area (Å²) in [6.45, 7) is 4.71. The van der Waals surface area contributed by atoms with Crippen molar-refractivity contribution in [2.75, 3.05) is 6.54 Å². The average molecular weight is 405 g/mol. The third-order valence-corrected chi connectivity index (χ3v) is 5.08. The Hall–Kier alpha value is -3.41. The molecular formula is C24H27N3O3. The molecule has 6 nitrogen and oxygen atoms in total. The largest absolute Gasteiger partial charge is 0.355 e. The van der Waals surface area contributed by atoms with Crippen molar-refractivity contribution in [1.29, 1.82) is 0 Å². The molecule has 30 heavy (non-hydrogen) atoms. The normalized spacial score (nSPS) is 10.7. The number of aryl methyl sites for hydroxylation is 3. The summed E-state index contributed by atoms with van der Waals surface area (Å²) >= 11 is 0. The van der Waals surface area contributed by atoms with Crippen molar-refractivity contribution < 1.29 is 4.79 Å². The molecule has 0 aliphatic rings. The first kappa shape index (κ1) is 21.3. The zero-order chi connectivity index (χ0) is 21.5. The van der Waals surface area contributed by atoms with E-state index in [1.807, 2.05) is 30.3 Å². The van der Waals surface area contributed by atoms with Gasteiger partial charge in [-0.1, -0.05) is 54.1 Å². The number of amides is 1. The van der Waals surface area contributed by atoms with Gasteiger partial charge in [0.2, 0.25) is 5.91 Å². The molecule has 0 aliphatic heterocycles. The first-order chi connectivity index (χ1) is 14.4. The van der Waals surface area contributed by atoms with Gasteiger partial charge in [0.15, 0.2) is 0 Å². The molecule has 0 atom stereocenters. The van der Waals surface area contributed by atoms with E-state index in [1.54, 1.807) is 0 Å². The Bertz CT molecular complexity index is 1130. The minimum absolute atomic E-state index is 0.281. The van der Waals surface area contributed by atoms with E-state index < -0.39 is 11.2 Å². The molecule has 0 fully saturated rings. The molecule has 1 heterocycles. The zero-order valence-electron chi connectivity index (χ0n) is 17.4. The second-order valence-corrected chi connectivity index (χ2v) is 7.52. The summed E-state index contributed by atoms with van der Waals surface area (Å²) in [7, 11) is 0. The summed E-state index contributed by atoms with van der Waals surface area (Å²) in [4.78, 5) is 37.1. The molecule has 6 heteroatoms. The van der Waals surface area contributed by atoms with E-state index in [-0.39, 0.29) is 12.5 Å². The zero-order valence-corrected chi connectivity index (χ0v) is 17.4. The van der Waals surface area contributed by atoms with Gasteiger partial charge in [0.25, 0.3) is 5.56 Å². The fourth-order valence-electron chi connectivity index (χ4n) is 3.44. The van der Waals surface area contributed by atoms with Crippen molar-refractivity contribution in [2.24, 2.45) is 0 Å². The van der Waals surface area contributed by atoms with Crippen LogP contribution in [0, 0.1) is 13.8 Å². The van der Waals surface area contributed by atoms with Gasteiger partial charge in [0.05, 0.1) is 6.54 Å². The summed E-state index contributed by atoms with van der Waals surface area (Å²) in [6, 6.07) is 17.2. The molecular weight excluding hydrogens is 378 g/mol. The Labute approximate surface area is 175 Å². The first-order valence-corrected chi connectivity index (χ1v) is 10.1. The molecule has 3 rings (SSSR count).